The van der Waals surface area contributed by atoms with Crippen LogP contribution in [0, 0.1) is 5.82 Å². The van der Waals surface area contributed by atoms with Crippen molar-refractivity contribution < 1.29 is 28.2 Å². The Hall–Kier alpha value is -3.60. The Bertz CT molecular complexity index is 1260. The Morgan fingerprint density at radius 1 is 0.975 bits per heavy atom. The fourth-order valence-corrected chi connectivity index (χ4v) is 5.12. The first-order valence-electron chi connectivity index (χ1n) is 13.8. The van der Waals surface area contributed by atoms with Gasteiger partial charge in [-0.15, -0.1) is 0 Å². The van der Waals surface area contributed by atoms with Gasteiger partial charge < -0.3 is 24.2 Å². The fraction of sp³-hybridized carbons (Fsp3) is 0.552. The molecule has 0 atom stereocenters. The van der Waals surface area contributed by atoms with Crippen molar-refractivity contribution in [1.29, 1.82) is 0 Å². The summed E-state index contributed by atoms with van der Waals surface area (Å²) >= 11 is 0. The van der Waals surface area contributed by atoms with Crippen molar-refractivity contribution in [2.24, 2.45) is 0 Å². The number of nitrogens with zero attached hydrogens (tertiary/aromatic N) is 5. The van der Waals surface area contributed by atoms with Gasteiger partial charge in [-0.25, -0.2) is 19.2 Å². The molecular weight excluding hydrogens is 517 g/mol. The molecule has 2 saturated heterocycles. The van der Waals surface area contributed by atoms with Crippen LogP contribution in [-0.4, -0.2) is 99.7 Å². The third kappa shape index (κ3) is 6.09. The lowest BCUT2D eigenvalue weighted by atomic mass is 10.0. The van der Waals surface area contributed by atoms with E-state index in [0.29, 0.717) is 50.1 Å². The number of benzene rings is 1. The van der Waals surface area contributed by atoms with E-state index in [1.165, 1.54) is 29.4 Å². The van der Waals surface area contributed by atoms with Gasteiger partial charge in [0, 0.05) is 63.3 Å². The Kier molecular flexibility index (Phi) is 7.76. The molecular formula is C29H36FN5O5. The maximum Gasteiger partial charge on any atom is 0.410 e. The van der Waals surface area contributed by atoms with E-state index in [9.17, 15) is 18.8 Å². The first-order valence-corrected chi connectivity index (χ1v) is 13.8. The largest absolute Gasteiger partial charge is 0.444 e. The molecule has 214 valence electrons. The molecule has 0 N–H and O–H groups in total. The highest BCUT2D eigenvalue weighted by Gasteiger charge is 2.40. The second-order valence-corrected chi connectivity index (χ2v) is 11.7. The minimum atomic E-state index is -0.648. The number of aromatic nitrogens is 2. The summed E-state index contributed by atoms with van der Waals surface area (Å²) in [5, 5.41) is 0. The highest BCUT2D eigenvalue weighted by atomic mass is 19.1. The van der Waals surface area contributed by atoms with Crippen LogP contribution in [0.2, 0.25) is 0 Å². The van der Waals surface area contributed by atoms with E-state index in [4.69, 9.17) is 9.47 Å². The van der Waals surface area contributed by atoms with E-state index < -0.39 is 11.4 Å². The van der Waals surface area contributed by atoms with Crippen molar-refractivity contribution in [2.45, 2.75) is 70.2 Å². The standard InChI is InChI=1S/C29H36FN5O5/c1-29(2,3)40-28(38)33-11-9-21(10-12-33)35(20-6-7-20)26(36)19-14-31-25(32-15-19)18-5-8-23(24(30)13-18)27(37)34-16-22(17-34)39-4/h5,8,13-15,20-22H,6-7,9-12,16-17H2,1-4H3. The number of ether oxygens (including phenoxy) is 2. The van der Waals surface area contributed by atoms with Crippen molar-refractivity contribution in [1.82, 2.24) is 24.7 Å². The summed E-state index contributed by atoms with van der Waals surface area (Å²) in [6.45, 7) is 7.47. The van der Waals surface area contributed by atoms with Gasteiger partial charge >= 0.3 is 6.09 Å². The van der Waals surface area contributed by atoms with Crippen LogP contribution in [0.1, 0.15) is 67.2 Å². The molecule has 10 nitrogen and oxygen atoms in total. The van der Waals surface area contributed by atoms with Crippen molar-refractivity contribution in [2.75, 3.05) is 33.3 Å². The van der Waals surface area contributed by atoms with Crippen molar-refractivity contribution in [3.05, 3.63) is 47.5 Å². The normalized spacial score (nSPS) is 18.3. The average molecular weight is 554 g/mol. The van der Waals surface area contributed by atoms with Crippen LogP contribution < -0.4 is 0 Å². The van der Waals surface area contributed by atoms with Crippen molar-refractivity contribution in [3.8, 4) is 11.4 Å². The van der Waals surface area contributed by atoms with Gasteiger partial charge in [0.25, 0.3) is 11.8 Å². The molecule has 0 spiro atoms. The molecule has 0 unspecified atom stereocenters. The minimum Gasteiger partial charge on any atom is -0.444 e. The Morgan fingerprint density at radius 2 is 1.60 bits per heavy atom. The fourth-order valence-electron chi connectivity index (χ4n) is 5.12. The van der Waals surface area contributed by atoms with E-state index in [1.54, 1.807) is 18.1 Å². The summed E-state index contributed by atoms with van der Waals surface area (Å²) in [6.07, 6.45) is 5.85. The number of amides is 3. The van der Waals surface area contributed by atoms with E-state index >= 15 is 0 Å². The molecule has 0 bridgehead atoms. The third-order valence-corrected chi connectivity index (χ3v) is 7.51. The van der Waals surface area contributed by atoms with Crippen LogP contribution in [0.3, 0.4) is 0 Å². The van der Waals surface area contributed by atoms with Gasteiger partial charge in [0.05, 0.1) is 17.2 Å². The van der Waals surface area contributed by atoms with E-state index in [1.807, 2.05) is 25.7 Å². The average Bonchev–Trinajstić information content (AvgIpc) is 3.72. The first-order chi connectivity index (χ1) is 19.0. The van der Waals surface area contributed by atoms with Gasteiger partial charge in [-0.2, -0.15) is 0 Å². The second kappa shape index (κ2) is 11.1. The Labute approximate surface area is 233 Å². The summed E-state index contributed by atoms with van der Waals surface area (Å²) in [5.74, 6) is -0.900. The Morgan fingerprint density at radius 3 is 2.15 bits per heavy atom. The second-order valence-electron chi connectivity index (χ2n) is 11.7. The van der Waals surface area contributed by atoms with Gasteiger partial charge in [-0.05, 0) is 58.6 Å². The highest BCUT2D eigenvalue weighted by Crippen LogP contribution is 2.33. The molecule has 0 radical (unpaired) electrons. The first kappa shape index (κ1) is 27.9. The number of piperidine rings is 1. The number of halogens is 1. The molecule has 2 aliphatic heterocycles. The zero-order chi connectivity index (χ0) is 28.6. The molecule has 1 aromatic carbocycles. The number of rotatable bonds is 6. The third-order valence-electron chi connectivity index (χ3n) is 7.51. The van der Waals surface area contributed by atoms with Gasteiger partial charge in [0.2, 0.25) is 0 Å². The predicted molar refractivity (Wildman–Crippen MR) is 144 cm³/mol. The van der Waals surface area contributed by atoms with Gasteiger partial charge in [-0.3, -0.25) is 9.59 Å². The number of likely N-dealkylation sites (tertiary alicyclic amines) is 2. The number of carbonyl (C=O) groups excluding carboxylic acids is 3. The lowest BCUT2D eigenvalue weighted by Gasteiger charge is -2.39. The maximum atomic E-state index is 14.8. The minimum absolute atomic E-state index is 0.0112. The summed E-state index contributed by atoms with van der Waals surface area (Å²) in [7, 11) is 1.58. The van der Waals surface area contributed by atoms with E-state index in [2.05, 4.69) is 9.97 Å². The molecule has 1 aliphatic carbocycles. The molecule has 11 heteroatoms. The molecule has 5 rings (SSSR count). The summed E-state index contributed by atoms with van der Waals surface area (Å²) < 4.78 is 25.5. The van der Waals surface area contributed by atoms with Crippen molar-refractivity contribution >= 4 is 17.9 Å². The van der Waals surface area contributed by atoms with Gasteiger partial charge in [-0.1, -0.05) is 6.07 Å². The number of hydrogen-bond donors (Lipinski definition) is 0. The number of methoxy groups -OCH3 is 1. The van der Waals surface area contributed by atoms with E-state index in [0.717, 1.165) is 12.8 Å². The van der Waals surface area contributed by atoms with Crippen LogP contribution in [-0.2, 0) is 9.47 Å². The molecule has 2 aromatic rings. The maximum absolute atomic E-state index is 14.8. The van der Waals surface area contributed by atoms with Crippen LogP contribution >= 0.6 is 0 Å². The van der Waals surface area contributed by atoms with E-state index in [-0.39, 0.29) is 47.5 Å². The summed E-state index contributed by atoms with van der Waals surface area (Å²) in [6, 6.07) is 4.48. The highest BCUT2D eigenvalue weighted by molar-refractivity contribution is 5.96. The lowest BCUT2D eigenvalue weighted by molar-refractivity contribution is -0.0194. The number of carbonyl (C=O) groups is 3. The molecule has 3 aliphatic rings. The Balaban J connectivity index is 1.23. The smallest absolute Gasteiger partial charge is 0.410 e. The zero-order valence-corrected chi connectivity index (χ0v) is 23.4. The summed E-state index contributed by atoms with van der Waals surface area (Å²) in [5.41, 5.74) is 0.218. The monoisotopic (exact) mass is 553 g/mol. The van der Waals surface area contributed by atoms with Crippen LogP contribution in [0.25, 0.3) is 11.4 Å². The van der Waals surface area contributed by atoms with Crippen LogP contribution in [0.4, 0.5) is 9.18 Å². The number of hydrogen-bond acceptors (Lipinski definition) is 7. The topological polar surface area (TPSA) is 105 Å². The zero-order valence-electron chi connectivity index (χ0n) is 23.4. The van der Waals surface area contributed by atoms with Gasteiger partial charge in [0.15, 0.2) is 5.82 Å². The molecule has 3 heterocycles. The van der Waals surface area contributed by atoms with Gasteiger partial charge in [0.1, 0.15) is 11.4 Å². The quantitative estimate of drug-likeness (QED) is 0.536. The lowest BCUT2D eigenvalue weighted by Crippen LogP contribution is -2.54. The predicted octanol–water partition coefficient (Wildman–Crippen LogP) is 3.76. The molecule has 40 heavy (non-hydrogen) atoms. The molecule has 1 aromatic heterocycles. The van der Waals surface area contributed by atoms with Crippen molar-refractivity contribution in [3.63, 3.8) is 0 Å². The van der Waals surface area contributed by atoms with Crippen LogP contribution in [0.5, 0.6) is 0 Å². The SMILES string of the molecule is COC1CN(C(=O)c2ccc(-c3ncc(C(=O)N(C4CC4)C4CCN(C(=O)OC(C)(C)C)CC4)cn3)cc2F)C1. The summed E-state index contributed by atoms with van der Waals surface area (Å²) in [4.78, 5) is 52.4. The molecule has 3 amide bonds. The van der Waals surface area contributed by atoms with Crippen LogP contribution in [0.15, 0.2) is 30.6 Å². The molecule has 3 fully saturated rings. The molecule has 1 saturated carbocycles.